The van der Waals surface area contributed by atoms with E-state index in [0.29, 0.717) is 36.3 Å². The third kappa shape index (κ3) is 19.0. The molecule has 0 bridgehead atoms. The molecule has 1 aliphatic heterocycles. The van der Waals surface area contributed by atoms with Gasteiger partial charge in [-0.15, -0.1) is 0 Å². The van der Waals surface area contributed by atoms with Crippen molar-refractivity contribution in [3.63, 3.8) is 0 Å². The number of ether oxygens (including phenoxy) is 4. The zero-order valence-electron chi connectivity index (χ0n) is 25.1. The normalized spacial score (nSPS) is 15.8. The predicted molar refractivity (Wildman–Crippen MR) is 161 cm³/mol. The molecule has 2 N–H and O–H groups in total. The molecule has 2 aromatic rings. The van der Waals surface area contributed by atoms with Crippen molar-refractivity contribution in [2.45, 2.75) is 79.8 Å². The van der Waals surface area contributed by atoms with Gasteiger partial charge in [0, 0.05) is 24.5 Å². The van der Waals surface area contributed by atoms with Gasteiger partial charge in [0.15, 0.2) is 0 Å². The Balaban J connectivity index is 0.000000385. The van der Waals surface area contributed by atoms with Crippen LogP contribution in [0.15, 0.2) is 60.7 Å². The number of hydrogen-bond donors (Lipinski definition) is 1. The number of benzene rings is 2. The monoisotopic (exact) mass is 530 g/mol. The molecule has 0 aromatic heterocycles. The van der Waals surface area contributed by atoms with E-state index in [2.05, 4.69) is 76.8 Å². The summed E-state index contributed by atoms with van der Waals surface area (Å²) in [6.45, 7) is 22.2. The van der Waals surface area contributed by atoms with E-state index in [1.54, 1.807) is 0 Å². The van der Waals surface area contributed by atoms with Gasteiger partial charge in [-0.3, -0.25) is 0 Å². The number of hydrogen-bond acceptors (Lipinski definition) is 6. The van der Waals surface area contributed by atoms with E-state index in [1.165, 1.54) is 5.69 Å². The Kier molecular flexibility index (Phi) is 17.7. The molecule has 0 saturated carbocycles. The molecule has 3 rings (SSSR count). The highest BCUT2D eigenvalue weighted by Gasteiger charge is 2.22. The molecule has 3 unspecified atom stereocenters. The van der Waals surface area contributed by atoms with Gasteiger partial charge in [-0.25, -0.2) is 0 Å². The number of nitrogens with two attached hydrogens (primary N) is 1. The highest BCUT2D eigenvalue weighted by atomic mass is 16.6. The lowest BCUT2D eigenvalue weighted by atomic mass is 10.1. The fourth-order valence-corrected chi connectivity index (χ4v) is 3.41. The largest absolute Gasteiger partial charge is 0.399 e. The topological polar surface area (TPSA) is 69.5 Å². The molecule has 1 saturated heterocycles. The second kappa shape index (κ2) is 19.9. The van der Waals surface area contributed by atoms with Crippen molar-refractivity contribution in [2.75, 3.05) is 50.2 Å². The highest BCUT2D eigenvalue weighted by Crippen LogP contribution is 2.18. The van der Waals surface area contributed by atoms with Crippen molar-refractivity contribution >= 4 is 11.4 Å². The maximum Gasteiger partial charge on any atom is 0.104 e. The van der Waals surface area contributed by atoms with Crippen molar-refractivity contribution in [1.82, 2.24) is 0 Å². The van der Waals surface area contributed by atoms with Crippen LogP contribution in [0.3, 0.4) is 0 Å². The summed E-state index contributed by atoms with van der Waals surface area (Å²) in [6.07, 6.45) is 1.35. The Labute approximate surface area is 232 Å². The van der Waals surface area contributed by atoms with E-state index in [4.69, 9.17) is 24.7 Å². The zero-order valence-corrected chi connectivity index (χ0v) is 25.1. The summed E-state index contributed by atoms with van der Waals surface area (Å²) in [6, 6.07) is 20.1. The van der Waals surface area contributed by atoms with Gasteiger partial charge in [-0.1, -0.05) is 50.2 Å². The lowest BCUT2D eigenvalue weighted by molar-refractivity contribution is 0.0522. The molecule has 0 radical (unpaired) electrons. The second-order valence-electron chi connectivity index (χ2n) is 11.0. The van der Waals surface area contributed by atoms with E-state index in [1.807, 2.05) is 44.2 Å². The Hall–Kier alpha value is -2.12. The highest BCUT2D eigenvalue weighted by molar-refractivity contribution is 5.46. The maximum absolute atomic E-state index is 5.77. The van der Waals surface area contributed by atoms with E-state index >= 15 is 0 Å². The molecule has 38 heavy (non-hydrogen) atoms. The number of anilines is 2. The number of epoxide rings is 1. The number of para-hydroxylation sites is 2. The molecule has 0 amide bonds. The molecule has 2 aromatic carbocycles. The lowest BCUT2D eigenvalue weighted by Crippen LogP contribution is -2.35. The maximum atomic E-state index is 5.77. The van der Waals surface area contributed by atoms with E-state index in [9.17, 15) is 0 Å². The van der Waals surface area contributed by atoms with E-state index in [-0.39, 0.29) is 0 Å². The summed E-state index contributed by atoms with van der Waals surface area (Å²) in [4.78, 5) is 2.46. The first-order valence-corrected chi connectivity index (χ1v) is 14.1. The summed E-state index contributed by atoms with van der Waals surface area (Å²) >= 11 is 0. The summed E-state index contributed by atoms with van der Waals surface area (Å²) in [5, 5.41) is 0. The SMILES string of the molecule is CC(C)OCC1CO1.CC(COC(C)C)CN(CC(C)COC(C)C)c1ccccc1.Nc1ccccc1. The van der Waals surface area contributed by atoms with Gasteiger partial charge in [-0.05, 0) is 77.6 Å². The molecule has 1 fully saturated rings. The Morgan fingerprint density at radius 3 is 1.47 bits per heavy atom. The Bertz CT molecular complexity index is 776. The van der Waals surface area contributed by atoms with Gasteiger partial charge in [-0.2, -0.15) is 0 Å². The molecule has 0 spiro atoms. The van der Waals surface area contributed by atoms with Gasteiger partial charge in [0.25, 0.3) is 0 Å². The number of nitrogens with zero attached hydrogens (tertiary/aromatic N) is 1. The minimum absolute atomic E-state index is 0.293. The average Bonchev–Trinajstić information content (AvgIpc) is 3.71. The number of rotatable bonds is 14. The molecule has 6 nitrogen and oxygen atoms in total. The third-order valence-electron chi connectivity index (χ3n) is 5.43. The fraction of sp³-hybridized carbons (Fsp3) is 0.625. The average molecular weight is 531 g/mol. The van der Waals surface area contributed by atoms with Crippen molar-refractivity contribution in [2.24, 2.45) is 11.8 Å². The van der Waals surface area contributed by atoms with Crippen LogP contribution in [0, 0.1) is 11.8 Å². The van der Waals surface area contributed by atoms with Crippen molar-refractivity contribution in [3.8, 4) is 0 Å². The minimum atomic E-state index is 0.293. The Morgan fingerprint density at radius 2 is 1.13 bits per heavy atom. The molecule has 3 atom stereocenters. The fourth-order valence-electron chi connectivity index (χ4n) is 3.41. The molecule has 6 heteroatoms. The van der Waals surface area contributed by atoms with Gasteiger partial charge in [0.2, 0.25) is 0 Å². The summed E-state index contributed by atoms with van der Waals surface area (Å²) < 4.78 is 21.7. The van der Waals surface area contributed by atoms with Crippen LogP contribution >= 0.6 is 0 Å². The van der Waals surface area contributed by atoms with Crippen LogP contribution in [-0.4, -0.2) is 63.9 Å². The third-order valence-corrected chi connectivity index (χ3v) is 5.43. The number of nitrogen functional groups attached to an aromatic ring is 1. The first kappa shape index (κ1) is 33.9. The predicted octanol–water partition coefficient (Wildman–Crippen LogP) is 6.69. The van der Waals surface area contributed by atoms with Crippen LogP contribution in [0.4, 0.5) is 11.4 Å². The summed E-state index contributed by atoms with van der Waals surface area (Å²) in [5.74, 6) is 0.992. The lowest BCUT2D eigenvalue weighted by Gasteiger charge is -2.31. The molecule has 216 valence electrons. The van der Waals surface area contributed by atoms with Crippen molar-refractivity contribution in [1.29, 1.82) is 0 Å². The summed E-state index contributed by atoms with van der Waals surface area (Å²) in [7, 11) is 0. The minimum Gasteiger partial charge on any atom is -0.399 e. The summed E-state index contributed by atoms with van der Waals surface area (Å²) in [5.41, 5.74) is 7.46. The Morgan fingerprint density at radius 1 is 0.711 bits per heavy atom. The second-order valence-corrected chi connectivity index (χ2v) is 11.0. The van der Waals surface area contributed by atoms with Gasteiger partial charge >= 0.3 is 0 Å². The van der Waals surface area contributed by atoms with Crippen LogP contribution < -0.4 is 10.6 Å². The van der Waals surface area contributed by atoms with Gasteiger partial charge in [0.05, 0.1) is 44.7 Å². The van der Waals surface area contributed by atoms with E-state index < -0.39 is 0 Å². The van der Waals surface area contributed by atoms with Crippen LogP contribution in [0.2, 0.25) is 0 Å². The first-order valence-electron chi connectivity index (χ1n) is 14.1. The van der Waals surface area contributed by atoms with Crippen molar-refractivity contribution in [3.05, 3.63) is 60.7 Å². The van der Waals surface area contributed by atoms with E-state index in [0.717, 1.165) is 45.2 Å². The molecule has 1 heterocycles. The van der Waals surface area contributed by atoms with Crippen molar-refractivity contribution < 1.29 is 18.9 Å². The molecular formula is C32H54N2O4. The van der Waals surface area contributed by atoms with Gasteiger partial charge < -0.3 is 29.6 Å². The molecular weight excluding hydrogens is 476 g/mol. The van der Waals surface area contributed by atoms with Crippen LogP contribution in [0.1, 0.15) is 55.4 Å². The quantitative estimate of drug-likeness (QED) is 0.217. The van der Waals surface area contributed by atoms with Crippen LogP contribution in [0.25, 0.3) is 0 Å². The van der Waals surface area contributed by atoms with Crippen LogP contribution in [-0.2, 0) is 18.9 Å². The zero-order chi connectivity index (χ0) is 28.3. The molecule has 1 aliphatic rings. The van der Waals surface area contributed by atoms with Gasteiger partial charge in [0.1, 0.15) is 6.10 Å². The molecule has 0 aliphatic carbocycles. The smallest absolute Gasteiger partial charge is 0.104 e. The first-order chi connectivity index (χ1) is 18.1. The standard InChI is InChI=1S/C20H35NO2.C6H7N.C6H12O2/c1-16(2)22-14-18(5)12-21(20-10-8-7-9-11-20)13-19(6)15-23-17(3)4;7-6-4-2-1-3-5-6;1-5(2)7-3-6-4-8-6/h7-11,16-19H,12-15H2,1-6H3;1-5H,7H2;5-6H,3-4H2,1-2H3. The van der Waals surface area contributed by atoms with Crippen LogP contribution in [0.5, 0.6) is 0 Å².